The summed E-state index contributed by atoms with van der Waals surface area (Å²) in [4.78, 5) is 25.7. The third kappa shape index (κ3) is 8.30. The summed E-state index contributed by atoms with van der Waals surface area (Å²) < 4.78 is 21.0. The Hall–Kier alpha value is -1.60. The number of piperidine rings is 1. The lowest BCUT2D eigenvalue weighted by atomic mass is 9.93. The second-order valence-electron chi connectivity index (χ2n) is 7.78. The number of carbonyl (C=O) groups is 2. The first-order chi connectivity index (χ1) is 12.7. The van der Waals surface area contributed by atoms with Gasteiger partial charge < -0.3 is 18.9 Å². The molecule has 0 radical (unpaired) electrons. The van der Waals surface area contributed by atoms with Crippen molar-refractivity contribution in [2.75, 3.05) is 21.0 Å². The molecule has 1 saturated heterocycles. The van der Waals surface area contributed by atoms with E-state index in [1.807, 2.05) is 39.8 Å². The number of nitrogens with zero attached hydrogens (tertiary/aromatic N) is 1. The number of methoxy groups -OCH3 is 2. The van der Waals surface area contributed by atoms with Crippen LogP contribution in [0.3, 0.4) is 0 Å². The van der Waals surface area contributed by atoms with Gasteiger partial charge in [0.25, 0.3) is 0 Å². The molecule has 156 valence electrons. The van der Waals surface area contributed by atoms with Crippen LogP contribution >= 0.6 is 0 Å². The molecule has 1 heterocycles. The molecule has 1 aliphatic rings. The molecule has 0 spiro atoms. The summed E-state index contributed by atoms with van der Waals surface area (Å²) in [6.07, 6.45) is 7.10. The number of rotatable bonds is 8. The molecule has 7 heteroatoms. The Bertz CT molecular complexity index is 499. The first-order valence-electron chi connectivity index (χ1n) is 9.55. The van der Waals surface area contributed by atoms with Crippen LogP contribution in [0.15, 0.2) is 12.2 Å². The zero-order chi connectivity index (χ0) is 20.4. The summed E-state index contributed by atoms with van der Waals surface area (Å²) in [7, 11) is 2.97. The standard InChI is InChI=1S/C20H35NO6/c1-15-17(26-14-24-5)13-12-16(10-8-7-9-11-18(22)25-6)21(15)19(23)27-20(2,3)4/h8,10,15-17H,7,9,11-14H2,1-6H3/b10-8+/t15-,16+,17-/m0/s1. The molecule has 7 nitrogen and oxygen atoms in total. The van der Waals surface area contributed by atoms with Crippen molar-refractivity contribution in [2.45, 2.75) is 83.6 Å². The summed E-state index contributed by atoms with van der Waals surface area (Å²) in [5.41, 5.74) is -0.564. The molecular formula is C20H35NO6. The maximum Gasteiger partial charge on any atom is 0.411 e. The highest BCUT2D eigenvalue weighted by Crippen LogP contribution is 2.28. The minimum absolute atomic E-state index is 0.0598. The van der Waals surface area contributed by atoms with Crippen molar-refractivity contribution >= 4 is 12.1 Å². The maximum absolute atomic E-state index is 12.8. The van der Waals surface area contributed by atoms with Crippen LogP contribution in [-0.4, -0.2) is 61.8 Å². The van der Waals surface area contributed by atoms with Gasteiger partial charge in [-0.15, -0.1) is 0 Å². The highest BCUT2D eigenvalue weighted by molar-refractivity contribution is 5.70. The Morgan fingerprint density at radius 2 is 1.89 bits per heavy atom. The van der Waals surface area contributed by atoms with E-state index in [2.05, 4.69) is 4.74 Å². The van der Waals surface area contributed by atoms with Gasteiger partial charge in [0.1, 0.15) is 12.4 Å². The van der Waals surface area contributed by atoms with Crippen molar-refractivity contribution in [1.29, 1.82) is 0 Å². The Morgan fingerprint density at radius 3 is 2.48 bits per heavy atom. The van der Waals surface area contributed by atoms with E-state index in [4.69, 9.17) is 14.2 Å². The van der Waals surface area contributed by atoms with Crippen LogP contribution < -0.4 is 0 Å². The maximum atomic E-state index is 12.8. The van der Waals surface area contributed by atoms with E-state index in [-0.39, 0.29) is 37.0 Å². The highest BCUT2D eigenvalue weighted by atomic mass is 16.7. The number of likely N-dealkylation sites (tertiary alicyclic amines) is 1. The second kappa shape index (κ2) is 11.3. The van der Waals surface area contributed by atoms with Gasteiger partial charge in [0, 0.05) is 13.5 Å². The van der Waals surface area contributed by atoms with Gasteiger partial charge in [0.15, 0.2) is 0 Å². The lowest BCUT2D eigenvalue weighted by Gasteiger charge is -2.43. The number of allylic oxidation sites excluding steroid dienone is 1. The molecule has 0 aromatic rings. The molecule has 1 amide bonds. The van der Waals surface area contributed by atoms with E-state index < -0.39 is 5.60 Å². The summed E-state index contributed by atoms with van der Waals surface area (Å²) in [6, 6.07) is -0.191. The normalized spacial score (nSPS) is 23.5. The quantitative estimate of drug-likeness (QED) is 0.275. The van der Waals surface area contributed by atoms with Crippen LogP contribution in [0.4, 0.5) is 4.79 Å². The SMILES string of the molecule is COCO[C@H]1CC[C@@H](/C=C/CCCC(=O)OC)N(C(=O)OC(C)(C)C)[C@H]1C. The van der Waals surface area contributed by atoms with Crippen LogP contribution in [0.25, 0.3) is 0 Å². The van der Waals surface area contributed by atoms with E-state index >= 15 is 0 Å². The fourth-order valence-electron chi connectivity index (χ4n) is 3.10. The summed E-state index contributed by atoms with van der Waals surface area (Å²) in [6.45, 7) is 7.74. The van der Waals surface area contributed by atoms with Crippen molar-refractivity contribution in [1.82, 2.24) is 4.90 Å². The molecule has 0 N–H and O–H groups in total. The Labute approximate surface area is 163 Å². The van der Waals surface area contributed by atoms with E-state index in [0.29, 0.717) is 6.42 Å². The molecule has 3 atom stereocenters. The average molecular weight is 386 g/mol. The number of hydrogen-bond donors (Lipinski definition) is 0. The Balaban J connectivity index is 2.77. The van der Waals surface area contributed by atoms with Gasteiger partial charge in [0.2, 0.25) is 0 Å². The monoisotopic (exact) mass is 385 g/mol. The molecule has 1 fully saturated rings. The summed E-state index contributed by atoms with van der Waals surface area (Å²) >= 11 is 0. The lowest BCUT2D eigenvalue weighted by Crippen LogP contribution is -2.56. The molecule has 1 aliphatic heterocycles. The molecule has 0 aromatic heterocycles. The summed E-state index contributed by atoms with van der Waals surface area (Å²) in [5.74, 6) is -0.205. The van der Waals surface area contributed by atoms with Gasteiger partial charge >= 0.3 is 12.1 Å². The fourth-order valence-corrected chi connectivity index (χ4v) is 3.10. The predicted octanol–water partition coefficient (Wildman–Crippen LogP) is 3.66. The second-order valence-corrected chi connectivity index (χ2v) is 7.78. The molecule has 0 saturated carbocycles. The number of ether oxygens (including phenoxy) is 4. The topological polar surface area (TPSA) is 74.3 Å². The van der Waals surface area contributed by atoms with Crippen molar-refractivity contribution in [2.24, 2.45) is 0 Å². The first kappa shape index (κ1) is 23.4. The van der Waals surface area contributed by atoms with Gasteiger partial charge in [-0.3, -0.25) is 9.69 Å². The Kier molecular flexibility index (Phi) is 9.80. The third-order valence-corrected chi connectivity index (χ3v) is 4.42. The Morgan fingerprint density at radius 1 is 1.19 bits per heavy atom. The van der Waals surface area contributed by atoms with Crippen molar-refractivity contribution in [3.05, 3.63) is 12.2 Å². The number of esters is 1. The smallest absolute Gasteiger partial charge is 0.411 e. The average Bonchev–Trinajstić information content (AvgIpc) is 2.58. The highest BCUT2D eigenvalue weighted by Gasteiger charge is 2.39. The number of amides is 1. The molecule has 0 bridgehead atoms. The van der Waals surface area contributed by atoms with E-state index in [9.17, 15) is 9.59 Å². The minimum Gasteiger partial charge on any atom is -0.469 e. The number of hydrogen-bond acceptors (Lipinski definition) is 6. The zero-order valence-electron chi connectivity index (χ0n) is 17.5. The lowest BCUT2D eigenvalue weighted by molar-refractivity contribution is -0.140. The summed E-state index contributed by atoms with van der Waals surface area (Å²) in [5, 5.41) is 0. The van der Waals surface area contributed by atoms with Gasteiger partial charge in [-0.1, -0.05) is 12.2 Å². The molecular weight excluding hydrogens is 350 g/mol. The number of unbranched alkanes of at least 4 members (excludes halogenated alkanes) is 1. The van der Waals surface area contributed by atoms with Gasteiger partial charge in [-0.05, 0) is 53.4 Å². The molecule has 0 unspecified atom stereocenters. The molecule has 27 heavy (non-hydrogen) atoms. The molecule has 1 rings (SSSR count). The van der Waals surface area contributed by atoms with Crippen molar-refractivity contribution in [3.63, 3.8) is 0 Å². The van der Waals surface area contributed by atoms with E-state index in [1.165, 1.54) is 7.11 Å². The van der Waals surface area contributed by atoms with Crippen molar-refractivity contribution < 1.29 is 28.5 Å². The minimum atomic E-state index is -0.564. The van der Waals surface area contributed by atoms with Gasteiger partial charge in [-0.25, -0.2) is 4.79 Å². The largest absolute Gasteiger partial charge is 0.469 e. The third-order valence-electron chi connectivity index (χ3n) is 4.42. The van der Waals surface area contributed by atoms with Crippen LogP contribution in [-0.2, 0) is 23.7 Å². The number of carbonyl (C=O) groups excluding carboxylic acids is 2. The zero-order valence-corrected chi connectivity index (χ0v) is 17.5. The predicted molar refractivity (Wildman–Crippen MR) is 102 cm³/mol. The van der Waals surface area contributed by atoms with Gasteiger partial charge in [0.05, 0.1) is 25.3 Å². The molecule has 0 aromatic carbocycles. The van der Waals surface area contributed by atoms with Crippen LogP contribution in [0.1, 0.15) is 59.8 Å². The fraction of sp³-hybridized carbons (Fsp3) is 0.800. The van der Waals surface area contributed by atoms with Crippen LogP contribution in [0, 0.1) is 0 Å². The van der Waals surface area contributed by atoms with E-state index in [1.54, 1.807) is 12.0 Å². The molecule has 0 aliphatic carbocycles. The van der Waals surface area contributed by atoms with Crippen molar-refractivity contribution in [3.8, 4) is 0 Å². The first-order valence-corrected chi connectivity index (χ1v) is 9.55. The van der Waals surface area contributed by atoms with Crippen LogP contribution in [0.5, 0.6) is 0 Å². The van der Waals surface area contributed by atoms with Gasteiger partial charge in [-0.2, -0.15) is 0 Å². The van der Waals surface area contributed by atoms with Crippen LogP contribution in [0.2, 0.25) is 0 Å². The van der Waals surface area contributed by atoms with E-state index in [0.717, 1.165) is 25.7 Å².